The Morgan fingerprint density at radius 2 is 1.79 bits per heavy atom. The second-order valence-corrected chi connectivity index (χ2v) is 13.3. The number of methoxy groups -OCH3 is 1. The van der Waals surface area contributed by atoms with Gasteiger partial charge in [0.05, 0.1) is 18.1 Å². The Balaban J connectivity index is 1.83. The van der Waals surface area contributed by atoms with E-state index >= 15 is 0 Å². The standard InChI is InChI=1S/C25H32N3O8PS/c1-6-34-37(4,30)17-28-12-11-24(27-28)26-25(29)19-13-21(35-18(2)16-33-3)15-22(14-19)36-20-7-9-23(10-8-20)38(5,31)32/h7-15,18H,6,16-17H2,1-5H3,(H,26,27,29)/t18-,37+/m0/s1. The second kappa shape index (κ2) is 12.6. The first-order chi connectivity index (χ1) is 17.9. The highest BCUT2D eigenvalue weighted by Crippen LogP contribution is 2.43. The number of benzene rings is 2. The molecule has 1 N–H and O–H groups in total. The summed E-state index contributed by atoms with van der Waals surface area (Å²) < 4.78 is 59.5. The SMILES string of the molecule is CCO[P@@](C)(=O)Cn1ccc(NC(=O)c2cc(Oc3ccc(S(C)(=O)=O)cc3)cc(O[C@@H](C)COC)c2)n1. The van der Waals surface area contributed by atoms with Gasteiger partial charge in [0.25, 0.3) is 5.91 Å². The molecule has 0 saturated heterocycles. The van der Waals surface area contributed by atoms with Crippen molar-refractivity contribution < 1.29 is 36.5 Å². The third-order valence-electron chi connectivity index (χ3n) is 5.05. The minimum Gasteiger partial charge on any atom is -0.488 e. The summed E-state index contributed by atoms with van der Waals surface area (Å²) in [4.78, 5) is 13.3. The van der Waals surface area contributed by atoms with Gasteiger partial charge in [0, 0.05) is 43.9 Å². The van der Waals surface area contributed by atoms with Crippen molar-refractivity contribution in [1.82, 2.24) is 9.78 Å². The van der Waals surface area contributed by atoms with E-state index < -0.39 is 23.1 Å². The van der Waals surface area contributed by atoms with Gasteiger partial charge in [0.1, 0.15) is 29.6 Å². The minimum atomic E-state index is -3.35. The van der Waals surface area contributed by atoms with Crippen molar-refractivity contribution in [3.8, 4) is 17.2 Å². The third-order valence-corrected chi connectivity index (χ3v) is 7.79. The highest BCUT2D eigenvalue weighted by Gasteiger charge is 2.18. The lowest BCUT2D eigenvalue weighted by atomic mass is 10.2. The van der Waals surface area contributed by atoms with E-state index in [1.165, 1.54) is 41.7 Å². The summed E-state index contributed by atoms with van der Waals surface area (Å²) >= 11 is 0. The van der Waals surface area contributed by atoms with Crippen molar-refractivity contribution in [3.05, 3.63) is 60.3 Å². The molecule has 13 heteroatoms. The molecule has 206 valence electrons. The van der Waals surface area contributed by atoms with Gasteiger partial charge in [-0.3, -0.25) is 14.0 Å². The van der Waals surface area contributed by atoms with E-state index in [1.54, 1.807) is 38.4 Å². The van der Waals surface area contributed by atoms with Crippen LogP contribution in [0.1, 0.15) is 24.2 Å². The van der Waals surface area contributed by atoms with Crippen molar-refractivity contribution >= 4 is 28.9 Å². The van der Waals surface area contributed by atoms with Gasteiger partial charge in [-0.05, 0) is 50.2 Å². The fourth-order valence-electron chi connectivity index (χ4n) is 3.49. The maximum atomic E-state index is 13.1. The third kappa shape index (κ3) is 8.70. The first-order valence-electron chi connectivity index (χ1n) is 11.7. The maximum Gasteiger partial charge on any atom is 0.257 e. The van der Waals surface area contributed by atoms with E-state index in [4.69, 9.17) is 18.7 Å². The molecule has 0 aliphatic carbocycles. The zero-order chi connectivity index (χ0) is 27.9. The zero-order valence-electron chi connectivity index (χ0n) is 21.9. The van der Waals surface area contributed by atoms with Crippen LogP contribution in [0.3, 0.4) is 0 Å². The predicted molar refractivity (Wildman–Crippen MR) is 143 cm³/mol. The number of amides is 1. The number of nitrogens with one attached hydrogen (secondary N) is 1. The van der Waals surface area contributed by atoms with E-state index in [1.807, 2.05) is 6.92 Å². The molecular formula is C25H32N3O8PS. The normalized spacial score (nSPS) is 13.9. The van der Waals surface area contributed by atoms with Gasteiger partial charge in [-0.2, -0.15) is 5.10 Å². The van der Waals surface area contributed by atoms with Crippen LogP contribution >= 0.6 is 7.37 Å². The van der Waals surface area contributed by atoms with Crippen molar-refractivity contribution in [2.24, 2.45) is 0 Å². The maximum absolute atomic E-state index is 13.1. The Labute approximate surface area is 222 Å². The van der Waals surface area contributed by atoms with E-state index in [2.05, 4.69) is 10.4 Å². The largest absolute Gasteiger partial charge is 0.488 e. The van der Waals surface area contributed by atoms with Crippen LogP contribution in [-0.2, 0) is 29.9 Å². The van der Waals surface area contributed by atoms with Crippen LogP contribution in [0.5, 0.6) is 17.2 Å². The average Bonchev–Trinajstić information content (AvgIpc) is 3.24. The summed E-state index contributed by atoms with van der Waals surface area (Å²) in [6.45, 7) is 5.78. The molecule has 3 aromatic rings. The Hall–Kier alpha value is -3.18. The Morgan fingerprint density at radius 3 is 2.42 bits per heavy atom. The van der Waals surface area contributed by atoms with E-state index in [9.17, 15) is 17.8 Å². The van der Waals surface area contributed by atoms with E-state index in [-0.39, 0.29) is 28.7 Å². The summed E-state index contributed by atoms with van der Waals surface area (Å²) in [7, 11) is -4.65. The van der Waals surface area contributed by atoms with Gasteiger partial charge in [-0.15, -0.1) is 0 Å². The second-order valence-electron chi connectivity index (χ2n) is 8.69. The molecule has 0 fully saturated rings. The van der Waals surface area contributed by atoms with E-state index in [0.717, 1.165) is 6.26 Å². The number of hydrogen-bond donors (Lipinski definition) is 1. The first kappa shape index (κ1) is 29.4. The van der Waals surface area contributed by atoms with Gasteiger partial charge >= 0.3 is 0 Å². The topological polar surface area (TPSA) is 135 Å². The van der Waals surface area contributed by atoms with Gasteiger partial charge in [0.2, 0.25) is 7.37 Å². The molecular weight excluding hydrogens is 533 g/mol. The van der Waals surface area contributed by atoms with Gasteiger partial charge in [-0.25, -0.2) is 8.42 Å². The monoisotopic (exact) mass is 565 g/mol. The lowest BCUT2D eigenvalue weighted by Gasteiger charge is -2.16. The zero-order valence-corrected chi connectivity index (χ0v) is 23.6. The molecule has 0 unspecified atom stereocenters. The van der Waals surface area contributed by atoms with Gasteiger partial charge < -0.3 is 24.1 Å². The molecule has 0 aliphatic heterocycles. The number of carbonyl (C=O) groups is 1. The fraction of sp³-hybridized carbons (Fsp3) is 0.360. The molecule has 3 rings (SSSR count). The summed E-state index contributed by atoms with van der Waals surface area (Å²) in [5.74, 6) is 0.854. The molecule has 2 atom stereocenters. The highest BCUT2D eigenvalue weighted by molar-refractivity contribution is 7.90. The molecule has 11 nitrogen and oxygen atoms in total. The number of aromatic nitrogens is 2. The molecule has 1 heterocycles. The minimum absolute atomic E-state index is 0.0769. The molecule has 1 amide bonds. The number of sulfone groups is 1. The Bertz CT molecular complexity index is 1410. The van der Waals surface area contributed by atoms with Crippen LogP contribution in [0.2, 0.25) is 0 Å². The van der Waals surface area contributed by atoms with Crippen LogP contribution in [0.15, 0.2) is 59.6 Å². The van der Waals surface area contributed by atoms with Gasteiger partial charge in [-0.1, -0.05) is 0 Å². The van der Waals surface area contributed by atoms with Crippen LogP contribution in [-0.4, -0.2) is 63.5 Å². The first-order valence-corrected chi connectivity index (χ1v) is 15.9. The molecule has 38 heavy (non-hydrogen) atoms. The Morgan fingerprint density at radius 1 is 1.11 bits per heavy atom. The molecule has 2 aromatic carbocycles. The van der Waals surface area contributed by atoms with Crippen molar-refractivity contribution in [3.63, 3.8) is 0 Å². The molecule has 1 aromatic heterocycles. The summed E-state index contributed by atoms with van der Waals surface area (Å²) in [6.07, 6.45) is 2.50. The molecule has 0 bridgehead atoms. The number of nitrogens with zero attached hydrogens (tertiary/aromatic N) is 2. The van der Waals surface area contributed by atoms with Gasteiger partial charge in [0.15, 0.2) is 15.7 Å². The van der Waals surface area contributed by atoms with E-state index in [0.29, 0.717) is 30.5 Å². The fourth-order valence-corrected chi connectivity index (χ4v) is 5.44. The van der Waals surface area contributed by atoms with Crippen LogP contribution in [0, 0.1) is 0 Å². The molecule has 0 aliphatic rings. The van der Waals surface area contributed by atoms with Crippen LogP contribution < -0.4 is 14.8 Å². The average molecular weight is 566 g/mol. The summed E-state index contributed by atoms with van der Waals surface area (Å²) in [6, 6.07) is 12.2. The smallest absolute Gasteiger partial charge is 0.257 e. The van der Waals surface area contributed by atoms with Crippen molar-refractivity contribution in [2.75, 3.05) is 38.6 Å². The Kier molecular flexibility index (Phi) is 9.72. The number of hydrogen-bond acceptors (Lipinski definition) is 9. The van der Waals surface area contributed by atoms with Crippen molar-refractivity contribution in [1.29, 1.82) is 0 Å². The molecule has 0 radical (unpaired) electrons. The lowest BCUT2D eigenvalue weighted by Crippen LogP contribution is -2.18. The van der Waals surface area contributed by atoms with Crippen LogP contribution in [0.25, 0.3) is 0 Å². The van der Waals surface area contributed by atoms with Crippen LogP contribution in [0.4, 0.5) is 5.82 Å². The lowest BCUT2D eigenvalue weighted by molar-refractivity contribution is 0.0915. The number of anilines is 1. The van der Waals surface area contributed by atoms with Crippen molar-refractivity contribution in [2.45, 2.75) is 31.1 Å². The number of rotatable bonds is 13. The predicted octanol–water partition coefficient (Wildman–Crippen LogP) is 4.65. The summed E-state index contributed by atoms with van der Waals surface area (Å²) in [5.41, 5.74) is 0.236. The molecule has 0 spiro atoms. The molecule has 0 saturated carbocycles. The quantitative estimate of drug-likeness (QED) is 0.294. The summed E-state index contributed by atoms with van der Waals surface area (Å²) in [5, 5.41) is 6.97. The number of carbonyl (C=O) groups excluding carboxylic acids is 1. The number of ether oxygens (including phenoxy) is 3. The highest BCUT2D eigenvalue weighted by atomic mass is 32.2.